The Kier molecular flexibility index (Phi) is 9.43. The Morgan fingerprint density at radius 1 is 1.09 bits per heavy atom. The van der Waals surface area contributed by atoms with E-state index in [2.05, 4.69) is 10.6 Å². The molecule has 0 aromatic heterocycles. The van der Waals surface area contributed by atoms with Gasteiger partial charge in [0.1, 0.15) is 11.6 Å². The van der Waals surface area contributed by atoms with E-state index in [0.717, 1.165) is 0 Å². The first-order chi connectivity index (χ1) is 15.5. The third kappa shape index (κ3) is 8.86. The topological polar surface area (TPSA) is 142 Å². The molecule has 0 saturated heterocycles. The second-order valence-corrected chi connectivity index (χ2v) is 9.66. The van der Waals surface area contributed by atoms with Gasteiger partial charge in [0.15, 0.2) is 0 Å². The number of hydrogen-bond acceptors (Lipinski definition) is 6. The van der Waals surface area contributed by atoms with Crippen molar-refractivity contribution in [2.75, 3.05) is 13.1 Å². The van der Waals surface area contributed by atoms with Crippen molar-refractivity contribution < 1.29 is 33.8 Å². The number of carbonyl (C=O) groups is 5. The number of ether oxygens (including phenoxy) is 1. The molecule has 0 bridgehead atoms. The van der Waals surface area contributed by atoms with Gasteiger partial charge in [-0.05, 0) is 71.6 Å². The maximum absolute atomic E-state index is 12.6. The van der Waals surface area contributed by atoms with Crippen molar-refractivity contribution in [3.8, 4) is 0 Å². The van der Waals surface area contributed by atoms with Crippen molar-refractivity contribution in [2.24, 2.45) is 11.8 Å². The van der Waals surface area contributed by atoms with Gasteiger partial charge < -0.3 is 20.5 Å². The zero-order chi connectivity index (χ0) is 24.6. The number of nitrogens with zero attached hydrogens (tertiary/aromatic N) is 1. The number of rotatable bonds is 10. The summed E-state index contributed by atoms with van der Waals surface area (Å²) in [5.41, 5.74) is -0.581. The lowest BCUT2D eigenvalue weighted by atomic mass is 9.81. The predicted molar refractivity (Wildman–Crippen MR) is 119 cm³/mol. The van der Waals surface area contributed by atoms with Crippen LogP contribution in [0.5, 0.6) is 0 Å². The molecule has 2 rings (SSSR count). The van der Waals surface area contributed by atoms with Crippen molar-refractivity contribution in [2.45, 2.75) is 77.4 Å². The van der Waals surface area contributed by atoms with E-state index in [4.69, 9.17) is 4.74 Å². The van der Waals surface area contributed by atoms with Gasteiger partial charge in [0.25, 0.3) is 11.8 Å². The van der Waals surface area contributed by atoms with Gasteiger partial charge >= 0.3 is 12.1 Å². The number of carboxylic acids is 1. The lowest BCUT2D eigenvalue weighted by molar-refractivity contribution is -0.143. The first-order valence-electron chi connectivity index (χ1n) is 11.5. The van der Waals surface area contributed by atoms with Crippen molar-refractivity contribution in [1.82, 2.24) is 15.5 Å². The molecule has 1 saturated carbocycles. The normalized spacial score (nSPS) is 21.6. The van der Waals surface area contributed by atoms with E-state index in [-0.39, 0.29) is 36.0 Å². The lowest BCUT2D eigenvalue weighted by Gasteiger charge is -2.30. The highest BCUT2D eigenvalue weighted by atomic mass is 16.6. The van der Waals surface area contributed by atoms with E-state index >= 15 is 0 Å². The van der Waals surface area contributed by atoms with Gasteiger partial charge in [-0.2, -0.15) is 0 Å². The van der Waals surface area contributed by atoms with Gasteiger partial charge in [0.05, 0.1) is 0 Å². The first kappa shape index (κ1) is 26.3. The summed E-state index contributed by atoms with van der Waals surface area (Å²) in [5, 5.41) is 14.7. The highest BCUT2D eigenvalue weighted by molar-refractivity contribution is 6.12. The van der Waals surface area contributed by atoms with Crippen LogP contribution in [0.2, 0.25) is 0 Å². The Morgan fingerprint density at radius 2 is 1.70 bits per heavy atom. The van der Waals surface area contributed by atoms with Crippen molar-refractivity contribution in [3.05, 3.63) is 12.2 Å². The molecule has 1 atom stereocenters. The van der Waals surface area contributed by atoms with Crippen LogP contribution in [0, 0.1) is 11.8 Å². The monoisotopic (exact) mass is 465 g/mol. The van der Waals surface area contributed by atoms with E-state index in [1.54, 1.807) is 20.8 Å². The van der Waals surface area contributed by atoms with E-state index < -0.39 is 23.7 Å². The fourth-order valence-electron chi connectivity index (χ4n) is 4.00. The van der Waals surface area contributed by atoms with Crippen LogP contribution < -0.4 is 10.6 Å². The number of unbranched alkanes of at least 4 members (excludes halogenated alkanes) is 1. The number of imide groups is 1. The molecule has 0 radical (unpaired) electrons. The van der Waals surface area contributed by atoms with E-state index in [0.29, 0.717) is 51.6 Å². The number of carbonyl (C=O) groups excluding carboxylic acids is 4. The SMILES string of the molecule is CC(C)(C)OC(=O)NCCCCC(NC(=O)C1CCC(CN2C(=O)C=CC2=O)CC1)C(=O)O. The van der Waals surface area contributed by atoms with Gasteiger partial charge in [0, 0.05) is 31.2 Å². The maximum Gasteiger partial charge on any atom is 0.407 e. The maximum atomic E-state index is 12.6. The Morgan fingerprint density at radius 3 is 2.24 bits per heavy atom. The van der Waals surface area contributed by atoms with Crippen LogP contribution in [0.25, 0.3) is 0 Å². The molecule has 4 amide bonds. The Balaban J connectivity index is 1.68. The van der Waals surface area contributed by atoms with Crippen LogP contribution in [0.15, 0.2) is 12.2 Å². The average molecular weight is 466 g/mol. The zero-order valence-electron chi connectivity index (χ0n) is 19.6. The molecule has 33 heavy (non-hydrogen) atoms. The fourth-order valence-corrected chi connectivity index (χ4v) is 4.00. The fraction of sp³-hybridized carbons (Fsp3) is 0.696. The van der Waals surface area contributed by atoms with E-state index in [1.807, 2.05) is 0 Å². The molecule has 1 aliphatic carbocycles. The first-order valence-corrected chi connectivity index (χ1v) is 11.5. The summed E-state index contributed by atoms with van der Waals surface area (Å²) in [5.74, 6) is -2.09. The number of amides is 4. The molecule has 2 aliphatic rings. The van der Waals surface area contributed by atoms with Crippen molar-refractivity contribution >= 4 is 29.8 Å². The smallest absolute Gasteiger partial charge is 0.407 e. The highest BCUT2D eigenvalue weighted by Crippen LogP contribution is 2.30. The van der Waals surface area contributed by atoms with Crippen LogP contribution in [0.3, 0.4) is 0 Å². The number of hydrogen-bond donors (Lipinski definition) is 3. The molecule has 0 spiro atoms. The summed E-state index contributed by atoms with van der Waals surface area (Å²) in [4.78, 5) is 60.4. The van der Waals surface area contributed by atoms with Crippen molar-refractivity contribution in [3.63, 3.8) is 0 Å². The minimum absolute atomic E-state index is 0.148. The van der Waals surface area contributed by atoms with E-state index in [1.165, 1.54) is 17.1 Å². The molecular weight excluding hydrogens is 430 g/mol. The summed E-state index contributed by atoms with van der Waals surface area (Å²) in [6.45, 7) is 6.02. The molecule has 1 heterocycles. The molecular formula is C23H35N3O7. The molecule has 0 aromatic carbocycles. The second-order valence-electron chi connectivity index (χ2n) is 9.66. The Bertz CT molecular complexity index is 761. The second kappa shape index (κ2) is 11.8. The molecule has 1 aliphatic heterocycles. The molecule has 3 N–H and O–H groups in total. The summed E-state index contributed by atoms with van der Waals surface area (Å²) >= 11 is 0. The quantitative estimate of drug-likeness (QED) is 0.331. The minimum Gasteiger partial charge on any atom is -0.480 e. The van der Waals surface area contributed by atoms with E-state index in [9.17, 15) is 29.1 Å². The molecule has 0 aromatic rings. The van der Waals surface area contributed by atoms with Crippen LogP contribution in [-0.4, -0.2) is 64.5 Å². The van der Waals surface area contributed by atoms with Gasteiger partial charge in [-0.1, -0.05) is 0 Å². The number of carboxylic acid groups (broad SMARTS) is 1. The lowest BCUT2D eigenvalue weighted by Crippen LogP contribution is -2.45. The van der Waals surface area contributed by atoms with Crippen LogP contribution in [0.1, 0.15) is 65.7 Å². The van der Waals surface area contributed by atoms with Gasteiger partial charge in [-0.25, -0.2) is 9.59 Å². The van der Waals surface area contributed by atoms with Crippen molar-refractivity contribution in [1.29, 1.82) is 0 Å². The standard InChI is InChI=1S/C23H35N3O7/c1-23(2,3)33-22(32)24-13-5-4-6-17(21(30)31)25-20(29)16-9-7-15(8-10-16)14-26-18(27)11-12-19(26)28/h11-12,15-17H,4-10,13-14H2,1-3H3,(H,24,32)(H,25,29)(H,30,31). The molecule has 1 unspecified atom stereocenters. The number of nitrogens with one attached hydrogen (secondary N) is 2. The van der Waals surface area contributed by atoms with Crippen LogP contribution in [0.4, 0.5) is 4.79 Å². The Labute approximate surface area is 194 Å². The molecule has 10 heteroatoms. The molecule has 184 valence electrons. The third-order valence-electron chi connectivity index (χ3n) is 5.76. The molecule has 10 nitrogen and oxygen atoms in total. The molecule has 1 fully saturated rings. The summed E-state index contributed by atoms with van der Waals surface area (Å²) in [6.07, 6.45) is 5.93. The average Bonchev–Trinajstić information content (AvgIpc) is 3.03. The van der Waals surface area contributed by atoms with Crippen LogP contribution in [-0.2, 0) is 23.9 Å². The Hall–Kier alpha value is -2.91. The number of alkyl carbamates (subject to hydrolysis) is 1. The number of aliphatic carboxylic acids is 1. The predicted octanol–water partition coefficient (Wildman–Crippen LogP) is 1.98. The van der Waals surface area contributed by atoms with Crippen LogP contribution >= 0.6 is 0 Å². The summed E-state index contributed by atoms with van der Waals surface area (Å²) in [6, 6.07) is -0.984. The van der Waals surface area contributed by atoms with Gasteiger partial charge in [0.2, 0.25) is 5.91 Å². The van der Waals surface area contributed by atoms with Gasteiger partial charge in [-0.15, -0.1) is 0 Å². The summed E-state index contributed by atoms with van der Waals surface area (Å²) < 4.78 is 5.14. The largest absolute Gasteiger partial charge is 0.480 e. The highest BCUT2D eigenvalue weighted by Gasteiger charge is 2.32. The summed E-state index contributed by atoms with van der Waals surface area (Å²) in [7, 11) is 0. The van der Waals surface area contributed by atoms with Gasteiger partial charge in [-0.3, -0.25) is 19.3 Å². The third-order valence-corrected chi connectivity index (χ3v) is 5.76. The zero-order valence-corrected chi connectivity index (χ0v) is 19.6. The minimum atomic E-state index is -1.09.